The minimum atomic E-state index is -4.69. The lowest BCUT2D eigenvalue weighted by Gasteiger charge is -2.06. The summed E-state index contributed by atoms with van der Waals surface area (Å²) < 4.78 is 66.7. The highest BCUT2D eigenvalue weighted by Crippen LogP contribution is 2.28. The molecule has 0 unspecified atom stereocenters. The second-order valence-electron chi connectivity index (χ2n) is 3.77. The fraction of sp³-hybridized carbons (Fsp3) is 0.182. The molecular formula is C11H9F3N2O3S. The number of ether oxygens (including phenoxy) is 1. The van der Waals surface area contributed by atoms with Crippen molar-refractivity contribution in [3.8, 4) is 5.75 Å². The highest BCUT2D eigenvalue weighted by molar-refractivity contribution is 7.90. The first-order valence-electron chi connectivity index (χ1n) is 5.26. The number of methoxy groups -OCH3 is 1. The third kappa shape index (κ3) is 2.62. The van der Waals surface area contributed by atoms with Gasteiger partial charge in [-0.2, -0.15) is 13.2 Å². The average molecular weight is 306 g/mol. The molecular weight excluding hydrogens is 297 g/mol. The summed E-state index contributed by atoms with van der Waals surface area (Å²) in [4.78, 5) is 2.88. The van der Waals surface area contributed by atoms with Crippen molar-refractivity contribution >= 4 is 10.0 Å². The minimum Gasteiger partial charge on any atom is -0.497 e. The summed E-state index contributed by atoms with van der Waals surface area (Å²) in [5.74, 6) is 0.436. The van der Waals surface area contributed by atoms with Crippen molar-refractivity contribution in [2.75, 3.05) is 7.11 Å². The minimum absolute atomic E-state index is 0.163. The van der Waals surface area contributed by atoms with Crippen LogP contribution < -0.4 is 4.74 Å². The Morgan fingerprint density at radius 2 is 1.80 bits per heavy atom. The highest BCUT2D eigenvalue weighted by Gasteiger charge is 2.34. The van der Waals surface area contributed by atoms with E-state index in [9.17, 15) is 21.6 Å². The molecule has 0 saturated carbocycles. The maximum absolute atomic E-state index is 12.4. The fourth-order valence-corrected chi connectivity index (χ4v) is 2.59. The zero-order valence-electron chi connectivity index (χ0n) is 10.1. The molecule has 0 fully saturated rings. The van der Waals surface area contributed by atoms with Gasteiger partial charge in [-0.3, -0.25) is 0 Å². The zero-order valence-corrected chi connectivity index (χ0v) is 10.9. The van der Waals surface area contributed by atoms with Crippen LogP contribution in [-0.4, -0.2) is 24.5 Å². The lowest BCUT2D eigenvalue weighted by Crippen LogP contribution is -2.11. The third-order valence-corrected chi connectivity index (χ3v) is 4.11. The molecule has 0 amide bonds. The first kappa shape index (κ1) is 14.4. The van der Waals surface area contributed by atoms with Crippen LogP contribution in [0.3, 0.4) is 0 Å². The molecule has 0 saturated heterocycles. The molecule has 1 aromatic heterocycles. The number of alkyl halides is 3. The van der Waals surface area contributed by atoms with Crippen LogP contribution in [0.25, 0.3) is 0 Å². The number of rotatable bonds is 3. The smallest absolute Gasteiger partial charge is 0.434 e. The monoisotopic (exact) mass is 306 g/mol. The van der Waals surface area contributed by atoms with Gasteiger partial charge in [0.05, 0.1) is 18.2 Å². The summed E-state index contributed by atoms with van der Waals surface area (Å²) in [6.07, 6.45) is -3.65. The number of halogens is 3. The lowest BCUT2D eigenvalue weighted by atomic mass is 10.3. The Morgan fingerprint density at radius 1 is 1.20 bits per heavy atom. The fourth-order valence-electron chi connectivity index (χ4n) is 1.45. The van der Waals surface area contributed by atoms with E-state index in [1.807, 2.05) is 0 Å². The number of hydrogen-bond donors (Lipinski definition) is 0. The predicted octanol–water partition coefficient (Wildman–Crippen LogP) is 2.15. The summed E-state index contributed by atoms with van der Waals surface area (Å²) in [7, 11) is -2.69. The van der Waals surface area contributed by atoms with Gasteiger partial charge in [-0.1, -0.05) is 0 Å². The number of benzene rings is 1. The van der Waals surface area contributed by atoms with Gasteiger partial charge in [0.2, 0.25) is 0 Å². The summed E-state index contributed by atoms with van der Waals surface area (Å²) in [6.45, 7) is 0. The summed E-state index contributed by atoms with van der Waals surface area (Å²) in [6, 6.07) is 5.27. The Kier molecular flexibility index (Phi) is 3.46. The Bertz CT molecular complexity index is 705. The van der Waals surface area contributed by atoms with Crippen LogP contribution >= 0.6 is 0 Å². The van der Waals surface area contributed by atoms with Gasteiger partial charge in [-0.15, -0.1) is 0 Å². The van der Waals surface area contributed by atoms with E-state index < -0.39 is 21.9 Å². The summed E-state index contributed by atoms with van der Waals surface area (Å²) >= 11 is 0. The Morgan fingerprint density at radius 3 is 2.25 bits per heavy atom. The molecule has 0 N–H and O–H groups in total. The van der Waals surface area contributed by atoms with Crippen molar-refractivity contribution in [1.29, 1.82) is 0 Å². The molecule has 0 aliphatic heterocycles. The molecule has 2 aromatic rings. The van der Waals surface area contributed by atoms with Crippen molar-refractivity contribution in [2.24, 2.45) is 0 Å². The van der Waals surface area contributed by atoms with Crippen LogP contribution in [0.4, 0.5) is 13.2 Å². The topological polar surface area (TPSA) is 61.2 Å². The summed E-state index contributed by atoms with van der Waals surface area (Å²) in [5, 5.41) is 0. The van der Waals surface area contributed by atoms with Crippen LogP contribution in [0.1, 0.15) is 5.69 Å². The van der Waals surface area contributed by atoms with E-state index >= 15 is 0 Å². The molecule has 0 spiro atoms. The second kappa shape index (κ2) is 4.82. The Hall–Kier alpha value is -2.03. The van der Waals surface area contributed by atoms with Gasteiger partial charge >= 0.3 is 6.18 Å². The highest BCUT2D eigenvalue weighted by atomic mass is 32.2. The van der Waals surface area contributed by atoms with Gasteiger partial charge in [-0.05, 0) is 24.3 Å². The van der Waals surface area contributed by atoms with Crippen LogP contribution in [0.2, 0.25) is 0 Å². The van der Waals surface area contributed by atoms with Gasteiger partial charge in [0.25, 0.3) is 10.0 Å². The molecule has 108 valence electrons. The van der Waals surface area contributed by atoms with Crippen LogP contribution in [0.5, 0.6) is 5.75 Å². The zero-order chi connectivity index (χ0) is 15.0. The maximum atomic E-state index is 12.4. The second-order valence-corrected chi connectivity index (χ2v) is 5.61. The van der Waals surface area contributed by atoms with E-state index in [1.54, 1.807) is 0 Å². The summed E-state index contributed by atoms with van der Waals surface area (Å²) in [5.41, 5.74) is -1.27. The lowest BCUT2D eigenvalue weighted by molar-refractivity contribution is -0.140. The van der Waals surface area contributed by atoms with Crippen molar-refractivity contribution in [1.82, 2.24) is 8.96 Å². The standard InChI is InChI=1S/C11H9F3N2O3S/c1-19-8-2-4-9(5-3-8)20(17,18)16-6-10(15-7-16)11(12,13)14/h2-7H,1H3. The van der Waals surface area contributed by atoms with Crippen LogP contribution in [-0.2, 0) is 16.2 Å². The van der Waals surface area contributed by atoms with E-state index in [4.69, 9.17) is 4.74 Å². The van der Waals surface area contributed by atoms with Crippen molar-refractivity contribution < 1.29 is 26.3 Å². The molecule has 1 heterocycles. The van der Waals surface area contributed by atoms with E-state index in [0.717, 1.165) is 0 Å². The SMILES string of the molecule is COc1ccc(S(=O)(=O)n2cnc(C(F)(F)F)c2)cc1. The molecule has 0 radical (unpaired) electrons. The predicted molar refractivity (Wildman–Crippen MR) is 62.8 cm³/mol. The van der Waals surface area contributed by atoms with Crippen molar-refractivity contribution in [3.63, 3.8) is 0 Å². The largest absolute Gasteiger partial charge is 0.497 e. The molecule has 0 aliphatic rings. The van der Waals surface area contributed by atoms with Crippen molar-refractivity contribution in [2.45, 2.75) is 11.1 Å². The normalized spacial score (nSPS) is 12.4. The van der Waals surface area contributed by atoms with Crippen molar-refractivity contribution in [3.05, 3.63) is 42.5 Å². The molecule has 5 nitrogen and oxygen atoms in total. The van der Waals surface area contributed by atoms with Gasteiger partial charge in [0.15, 0.2) is 5.69 Å². The first-order valence-corrected chi connectivity index (χ1v) is 6.70. The maximum Gasteiger partial charge on any atom is 0.434 e. The number of hydrogen-bond acceptors (Lipinski definition) is 4. The molecule has 20 heavy (non-hydrogen) atoms. The first-order chi connectivity index (χ1) is 9.25. The van der Waals surface area contributed by atoms with Gasteiger partial charge in [0, 0.05) is 0 Å². The molecule has 2 rings (SSSR count). The van der Waals surface area contributed by atoms with E-state index in [0.29, 0.717) is 22.2 Å². The van der Waals surface area contributed by atoms with Gasteiger partial charge in [0.1, 0.15) is 12.1 Å². The molecule has 0 atom stereocenters. The van der Waals surface area contributed by atoms with E-state index in [-0.39, 0.29) is 4.90 Å². The van der Waals surface area contributed by atoms with E-state index in [2.05, 4.69) is 4.98 Å². The average Bonchev–Trinajstić information content (AvgIpc) is 2.89. The molecule has 0 aliphatic carbocycles. The van der Waals surface area contributed by atoms with Crippen LogP contribution in [0.15, 0.2) is 41.7 Å². The Labute approximate surface area is 112 Å². The number of imidazole rings is 1. The third-order valence-electron chi connectivity index (χ3n) is 2.49. The van der Waals surface area contributed by atoms with E-state index in [1.165, 1.54) is 31.4 Å². The van der Waals surface area contributed by atoms with Gasteiger partial charge < -0.3 is 4.74 Å². The Balaban J connectivity index is 2.41. The van der Waals surface area contributed by atoms with Crippen LogP contribution in [0, 0.1) is 0 Å². The quantitative estimate of drug-likeness (QED) is 0.871. The van der Waals surface area contributed by atoms with Gasteiger partial charge in [-0.25, -0.2) is 17.4 Å². The molecule has 1 aromatic carbocycles. The molecule has 0 bridgehead atoms. The molecule has 9 heteroatoms. The number of aromatic nitrogens is 2. The number of nitrogens with zero attached hydrogens (tertiary/aromatic N) is 2.